The van der Waals surface area contributed by atoms with Gasteiger partial charge in [0.05, 0.1) is 35.6 Å². The number of methoxy groups -OCH3 is 2. The molecule has 0 spiro atoms. The molecular weight excluding hydrogens is 374 g/mol. The second-order valence-corrected chi connectivity index (χ2v) is 5.64. The van der Waals surface area contributed by atoms with Crippen LogP contribution < -0.4 is 10.1 Å². The first-order valence-electron chi connectivity index (χ1n) is 6.88. The molecule has 1 heterocycles. The average Bonchev–Trinajstić information content (AvgIpc) is 2.56. The van der Waals surface area contributed by atoms with Crippen molar-refractivity contribution in [3.8, 4) is 17.0 Å². The quantitative estimate of drug-likeness (QED) is 0.804. The summed E-state index contributed by atoms with van der Waals surface area (Å²) in [4.78, 5) is 27.3. The van der Waals surface area contributed by atoms with E-state index >= 15 is 0 Å². The summed E-state index contributed by atoms with van der Waals surface area (Å²) in [5.41, 5.74) is -0.123. The first kappa shape index (κ1) is 19.0. The number of rotatable bonds is 4. The number of benzene rings is 1. The Morgan fingerprint density at radius 3 is 2.44 bits per heavy atom. The number of esters is 1. The second kappa shape index (κ2) is 7.67. The number of halogens is 3. The topological polar surface area (TPSA) is 77.5 Å². The van der Waals surface area contributed by atoms with E-state index in [1.807, 2.05) is 0 Å². The van der Waals surface area contributed by atoms with E-state index in [9.17, 15) is 14.0 Å². The zero-order chi connectivity index (χ0) is 18.7. The van der Waals surface area contributed by atoms with E-state index < -0.39 is 17.7 Å². The summed E-state index contributed by atoms with van der Waals surface area (Å²) >= 11 is 12.0. The van der Waals surface area contributed by atoms with Crippen LogP contribution in [0.3, 0.4) is 0 Å². The fourth-order valence-electron chi connectivity index (χ4n) is 2.06. The minimum absolute atomic E-state index is 0.00896. The van der Waals surface area contributed by atoms with Crippen molar-refractivity contribution in [1.82, 2.24) is 4.98 Å². The number of pyridine rings is 1. The Bertz CT molecular complexity index is 859. The summed E-state index contributed by atoms with van der Waals surface area (Å²) in [6.45, 7) is 1.26. The number of amides is 1. The highest BCUT2D eigenvalue weighted by atomic mass is 35.5. The number of hydrogen-bond donors (Lipinski definition) is 1. The van der Waals surface area contributed by atoms with Crippen molar-refractivity contribution in [1.29, 1.82) is 0 Å². The van der Waals surface area contributed by atoms with Gasteiger partial charge >= 0.3 is 5.97 Å². The summed E-state index contributed by atoms with van der Waals surface area (Å²) in [5, 5.41) is 2.42. The Morgan fingerprint density at radius 2 is 1.88 bits per heavy atom. The number of nitrogens with one attached hydrogen (secondary N) is 1. The van der Waals surface area contributed by atoms with E-state index in [0.29, 0.717) is 0 Å². The number of anilines is 1. The molecule has 0 aliphatic rings. The molecule has 1 amide bonds. The Hall–Kier alpha value is -2.38. The van der Waals surface area contributed by atoms with Crippen LogP contribution in [0.5, 0.6) is 5.75 Å². The van der Waals surface area contributed by atoms with E-state index in [0.717, 1.165) is 13.2 Å². The smallest absolute Gasteiger partial charge is 0.358 e. The van der Waals surface area contributed by atoms with Crippen LogP contribution in [0.1, 0.15) is 17.4 Å². The van der Waals surface area contributed by atoms with E-state index in [2.05, 4.69) is 15.0 Å². The molecule has 2 aromatic rings. The SMILES string of the molecule is COC(=O)c1nc(-c2cc(OC)c(Cl)cc2F)cc(NC(C)=O)c1Cl. The molecule has 25 heavy (non-hydrogen) atoms. The highest BCUT2D eigenvalue weighted by Gasteiger charge is 2.21. The van der Waals surface area contributed by atoms with E-state index in [1.165, 1.54) is 26.2 Å². The summed E-state index contributed by atoms with van der Waals surface area (Å²) in [7, 11) is 2.53. The molecule has 0 saturated carbocycles. The molecule has 0 unspecified atom stereocenters. The molecule has 0 aliphatic carbocycles. The highest BCUT2D eigenvalue weighted by Crippen LogP contribution is 2.35. The lowest BCUT2D eigenvalue weighted by Crippen LogP contribution is -2.12. The molecule has 0 bridgehead atoms. The van der Waals surface area contributed by atoms with Crippen LogP contribution >= 0.6 is 23.2 Å². The Labute approximate surface area is 152 Å². The fraction of sp³-hybridized carbons (Fsp3) is 0.188. The molecule has 6 nitrogen and oxygen atoms in total. The van der Waals surface area contributed by atoms with Gasteiger partial charge in [-0.2, -0.15) is 0 Å². The van der Waals surface area contributed by atoms with Gasteiger partial charge in [0.1, 0.15) is 11.6 Å². The average molecular weight is 387 g/mol. The maximum absolute atomic E-state index is 14.3. The lowest BCUT2D eigenvalue weighted by Gasteiger charge is -2.13. The van der Waals surface area contributed by atoms with Gasteiger partial charge in [-0.1, -0.05) is 23.2 Å². The van der Waals surface area contributed by atoms with Gasteiger partial charge in [-0.15, -0.1) is 0 Å². The molecule has 0 aliphatic heterocycles. The fourth-order valence-corrected chi connectivity index (χ4v) is 2.51. The van der Waals surface area contributed by atoms with Crippen molar-refractivity contribution in [2.45, 2.75) is 6.92 Å². The second-order valence-electron chi connectivity index (χ2n) is 4.86. The normalized spacial score (nSPS) is 10.3. The Morgan fingerprint density at radius 1 is 1.20 bits per heavy atom. The third-order valence-electron chi connectivity index (χ3n) is 3.16. The van der Waals surface area contributed by atoms with Crippen LogP contribution in [0.2, 0.25) is 10.0 Å². The molecule has 0 radical (unpaired) electrons. The molecule has 1 aromatic heterocycles. The molecule has 1 aromatic carbocycles. The molecule has 1 N–H and O–H groups in total. The number of nitrogens with zero attached hydrogens (tertiary/aromatic N) is 1. The van der Waals surface area contributed by atoms with Crippen molar-refractivity contribution in [3.63, 3.8) is 0 Å². The van der Waals surface area contributed by atoms with Crippen LogP contribution in [0, 0.1) is 5.82 Å². The van der Waals surface area contributed by atoms with Crippen LogP contribution in [-0.4, -0.2) is 31.1 Å². The van der Waals surface area contributed by atoms with Crippen molar-refractivity contribution in [2.24, 2.45) is 0 Å². The summed E-state index contributed by atoms with van der Waals surface area (Å²) in [5.74, 6) is -1.73. The van der Waals surface area contributed by atoms with Gasteiger partial charge in [0.15, 0.2) is 5.69 Å². The van der Waals surface area contributed by atoms with Crippen LogP contribution in [0.4, 0.5) is 10.1 Å². The maximum atomic E-state index is 14.3. The first-order valence-corrected chi connectivity index (χ1v) is 7.64. The van der Waals surface area contributed by atoms with Crippen molar-refractivity contribution < 1.29 is 23.5 Å². The Kier molecular flexibility index (Phi) is 5.81. The van der Waals surface area contributed by atoms with E-state index in [1.54, 1.807) is 0 Å². The maximum Gasteiger partial charge on any atom is 0.358 e. The zero-order valence-corrected chi connectivity index (χ0v) is 15.0. The summed E-state index contributed by atoms with van der Waals surface area (Å²) < 4.78 is 24.0. The number of carbonyl (C=O) groups excluding carboxylic acids is 2. The molecule has 0 atom stereocenters. The third-order valence-corrected chi connectivity index (χ3v) is 3.84. The zero-order valence-electron chi connectivity index (χ0n) is 13.4. The number of aromatic nitrogens is 1. The minimum atomic E-state index is -0.834. The largest absolute Gasteiger partial charge is 0.495 e. The van der Waals surface area contributed by atoms with E-state index in [-0.39, 0.29) is 38.4 Å². The minimum Gasteiger partial charge on any atom is -0.495 e. The molecule has 9 heteroatoms. The monoisotopic (exact) mass is 386 g/mol. The predicted molar refractivity (Wildman–Crippen MR) is 91.8 cm³/mol. The van der Waals surface area contributed by atoms with Gasteiger partial charge in [0, 0.05) is 12.5 Å². The predicted octanol–water partition coefficient (Wildman–Crippen LogP) is 3.95. The van der Waals surface area contributed by atoms with Crippen LogP contribution in [0.15, 0.2) is 18.2 Å². The number of hydrogen-bond acceptors (Lipinski definition) is 5. The molecule has 2 rings (SSSR count). The lowest BCUT2D eigenvalue weighted by molar-refractivity contribution is -0.114. The van der Waals surface area contributed by atoms with Crippen LogP contribution in [-0.2, 0) is 9.53 Å². The van der Waals surface area contributed by atoms with E-state index in [4.69, 9.17) is 27.9 Å². The van der Waals surface area contributed by atoms with Crippen molar-refractivity contribution in [3.05, 3.63) is 39.8 Å². The van der Waals surface area contributed by atoms with Gasteiger partial charge in [-0.25, -0.2) is 14.2 Å². The third kappa shape index (κ3) is 4.00. The molecule has 0 saturated heterocycles. The summed E-state index contributed by atoms with van der Waals surface area (Å²) in [6.07, 6.45) is 0. The molecule has 0 fully saturated rings. The van der Waals surface area contributed by atoms with Crippen LogP contribution in [0.25, 0.3) is 11.3 Å². The first-order chi connectivity index (χ1) is 11.8. The van der Waals surface area contributed by atoms with Gasteiger partial charge in [-0.05, 0) is 18.2 Å². The standard InChI is InChI=1S/C16H13Cl2FN2O4/c1-7(22)20-12-6-11(21-15(14(12)18)16(23)25-3)8-4-13(24-2)9(17)5-10(8)19/h4-6H,1-3H3,(H,20,21,22). The highest BCUT2D eigenvalue weighted by molar-refractivity contribution is 6.36. The van der Waals surface area contributed by atoms with Crippen molar-refractivity contribution in [2.75, 3.05) is 19.5 Å². The molecule has 132 valence electrons. The van der Waals surface area contributed by atoms with Gasteiger partial charge < -0.3 is 14.8 Å². The van der Waals surface area contributed by atoms with Crippen molar-refractivity contribution >= 4 is 40.8 Å². The van der Waals surface area contributed by atoms with Gasteiger partial charge in [-0.3, -0.25) is 4.79 Å². The number of ether oxygens (including phenoxy) is 2. The summed E-state index contributed by atoms with van der Waals surface area (Å²) in [6, 6.07) is 3.72. The van der Waals surface area contributed by atoms with Gasteiger partial charge in [0.2, 0.25) is 5.91 Å². The van der Waals surface area contributed by atoms with Gasteiger partial charge in [0.25, 0.3) is 0 Å². The number of carbonyl (C=O) groups is 2. The molecular formula is C16H13Cl2FN2O4. The lowest BCUT2D eigenvalue weighted by atomic mass is 10.1. The Balaban J connectivity index is 2.73.